The predicted molar refractivity (Wildman–Crippen MR) is 238 cm³/mol. The highest BCUT2D eigenvalue weighted by molar-refractivity contribution is 5.90. The van der Waals surface area contributed by atoms with Crippen LogP contribution in [0.5, 0.6) is 0 Å². The van der Waals surface area contributed by atoms with E-state index in [1.165, 1.54) is 88.1 Å². The summed E-state index contributed by atoms with van der Waals surface area (Å²) in [7, 11) is 0. The standard InChI is InChI=1S/C54H52N2/c1-53(2,41-29-35-46(36-30-41)55(43-19-10-6-11-20-43)45-33-27-40(28-34-45)39-17-8-5-9-18-39)42-31-37-47(38-32-42)56(44-21-12-7-13-22-44)51-26-16-24-49-48-23-14-15-25-50(48)54(3,4)52(49)51/h6-7,10-16,19-39H,5,8-9,17-18H2,1-4H3. The maximum atomic E-state index is 2.44. The van der Waals surface area contributed by atoms with E-state index < -0.39 is 0 Å². The minimum Gasteiger partial charge on any atom is -0.311 e. The van der Waals surface area contributed by atoms with Crippen LogP contribution >= 0.6 is 0 Å². The summed E-state index contributed by atoms with van der Waals surface area (Å²) in [5.41, 5.74) is 16.2. The average molecular weight is 729 g/mol. The Morgan fingerprint density at radius 1 is 0.446 bits per heavy atom. The molecular formula is C54H52N2. The Labute approximate surface area is 334 Å². The van der Waals surface area contributed by atoms with Gasteiger partial charge in [-0.2, -0.15) is 0 Å². The van der Waals surface area contributed by atoms with Crippen LogP contribution in [-0.4, -0.2) is 0 Å². The van der Waals surface area contributed by atoms with Crippen LogP contribution in [0.1, 0.15) is 93.5 Å². The highest BCUT2D eigenvalue weighted by Gasteiger charge is 2.38. The van der Waals surface area contributed by atoms with Crippen molar-refractivity contribution in [2.45, 2.75) is 76.5 Å². The molecule has 56 heavy (non-hydrogen) atoms. The number of rotatable bonds is 9. The van der Waals surface area contributed by atoms with E-state index in [1.54, 1.807) is 0 Å². The van der Waals surface area contributed by atoms with Gasteiger partial charge in [-0.15, -0.1) is 0 Å². The van der Waals surface area contributed by atoms with E-state index in [9.17, 15) is 0 Å². The Morgan fingerprint density at radius 3 is 1.50 bits per heavy atom. The van der Waals surface area contributed by atoms with Crippen molar-refractivity contribution in [3.8, 4) is 11.1 Å². The van der Waals surface area contributed by atoms with Crippen molar-refractivity contribution in [2.75, 3.05) is 9.80 Å². The zero-order valence-electron chi connectivity index (χ0n) is 33.3. The lowest BCUT2D eigenvalue weighted by Gasteiger charge is -2.33. The van der Waals surface area contributed by atoms with Crippen LogP contribution in [0, 0.1) is 0 Å². The van der Waals surface area contributed by atoms with Crippen molar-refractivity contribution in [1.29, 1.82) is 0 Å². The second-order valence-corrected chi connectivity index (χ2v) is 16.9. The van der Waals surface area contributed by atoms with Gasteiger partial charge in [0.2, 0.25) is 0 Å². The van der Waals surface area contributed by atoms with Crippen molar-refractivity contribution in [1.82, 2.24) is 0 Å². The first-order valence-electron chi connectivity index (χ1n) is 20.6. The Morgan fingerprint density at radius 2 is 0.911 bits per heavy atom. The molecule has 2 nitrogen and oxygen atoms in total. The molecule has 2 aliphatic carbocycles. The summed E-state index contributed by atoms with van der Waals surface area (Å²) in [5.74, 6) is 0.698. The molecule has 0 radical (unpaired) electrons. The maximum absolute atomic E-state index is 2.44. The molecule has 0 heterocycles. The number of hydrogen-bond acceptors (Lipinski definition) is 2. The fourth-order valence-corrected chi connectivity index (χ4v) is 9.59. The third-order valence-corrected chi connectivity index (χ3v) is 12.7. The third-order valence-electron chi connectivity index (χ3n) is 12.7. The van der Waals surface area contributed by atoms with E-state index in [-0.39, 0.29) is 10.8 Å². The summed E-state index contributed by atoms with van der Waals surface area (Å²) < 4.78 is 0. The molecule has 0 saturated heterocycles. The third kappa shape index (κ3) is 6.41. The molecule has 0 spiro atoms. The van der Waals surface area contributed by atoms with Gasteiger partial charge >= 0.3 is 0 Å². The highest BCUT2D eigenvalue weighted by Crippen LogP contribution is 2.54. The summed E-state index contributed by atoms with van der Waals surface area (Å²) >= 11 is 0. The van der Waals surface area contributed by atoms with Gasteiger partial charge in [0.1, 0.15) is 0 Å². The summed E-state index contributed by atoms with van der Waals surface area (Å²) in [6, 6.07) is 65.1. The molecule has 0 bridgehead atoms. The summed E-state index contributed by atoms with van der Waals surface area (Å²) in [5, 5.41) is 0. The Hall–Kier alpha value is -5.86. The molecular weight excluding hydrogens is 677 g/mol. The first-order valence-corrected chi connectivity index (χ1v) is 20.6. The van der Waals surface area contributed by atoms with Gasteiger partial charge in [0.25, 0.3) is 0 Å². The van der Waals surface area contributed by atoms with E-state index in [1.807, 2.05) is 0 Å². The molecule has 0 aliphatic heterocycles. The first-order chi connectivity index (χ1) is 27.3. The molecule has 2 aliphatic rings. The molecule has 0 N–H and O–H groups in total. The minimum absolute atomic E-state index is 0.127. The van der Waals surface area contributed by atoms with Crippen molar-refractivity contribution < 1.29 is 0 Å². The smallest absolute Gasteiger partial charge is 0.0508 e. The van der Waals surface area contributed by atoms with Crippen LogP contribution in [-0.2, 0) is 10.8 Å². The Bertz CT molecular complexity index is 2420. The SMILES string of the molecule is CC(C)(c1ccc(N(c2ccccc2)c2ccc(C3CCCCC3)cc2)cc1)c1ccc(N(c2ccccc2)c2cccc3c2C(C)(C)c2ccccc2-3)cc1. The van der Waals surface area contributed by atoms with Crippen molar-refractivity contribution in [3.63, 3.8) is 0 Å². The van der Waals surface area contributed by atoms with Gasteiger partial charge in [0.15, 0.2) is 0 Å². The molecule has 2 heteroatoms. The summed E-state index contributed by atoms with van der Waals surface area (Å²) in [6.45, 7) is 9.42. The van der Waals surface area contributed by atoms with Crippen molar-refractivity contribution in [2.24, 2.45) is 0 Å². The lowest BCUT2D eigenvalue weighted by molar-refractivity contribution is 0.443. The first kappa shape index (κ1) is 35.8. The summed E-state index contributed by atoms with van der Waals surface area (Å²) in [6.07, 6.45) is 6.71. The quantitative estimate of drug-likeness (QED) is 0.146. The Kier molecular flexibility index (Phi) is 9.38. The highest BCUT2D eigenvalue weighted by atomic mass is 15.1. The molecule has 0 aromatic heterocycles. The van der Waals surface area contributed by atoms with Gasteiger partial charge < -0.3 is 9.80 Å². The van der Waals surface area contributed by atoms with E-state index >= 15 is 0 Å². The summed E-state index contributed by atoms with van der Waals surface area (Å²) in [4.78, 5) is 4.83. The monoisotopic (exact) mass is 728 g/mol. The van der Waals surface area contributed by atoms with Gasteiger partial charge in [-0.05, 0) is 124 Å². The lowest BCUT2D eigenvalue weighted by atomic mass is 9.78. The van der Waals surface area contributed by atoms with Crippen LogP contribution in [0.2, 0.25) is 0 Å². The van der Waals surface area contributed by atoms with Gasteiger partial charge in [-0.3, -0.25) is 0 Å². The molecule has 0 unspecified atom stereocenters. The lowest BCUT2D eigenvalue weighted by Crippen LogP contribution is -2.21. The maximum Gasteiger partial charge on any atom is 0.0508 e. The Balaban J connectivity index is 1.03. The molecule has 0 amide bonds. The molecule has 7 aromatic rings. The molecule has 9 rings (SSSR count). The number of para-hydroxylation sites is 2. The fourth-order valence-electron chi connectivity index (χ4n) is 9.59. The van der Waals surface area contributed by atoms with E-state index in [2.05, 4.69) is 213 Å². The van der Waals surface area contributed by atoms with Gasteiger partial charge in [-0.25, -0.2) is 0 Å². The predicted octanol–water partition coefficient (Wildman–Crippen LogP) is 15.3. The fraction of sp³-hybridized carbons (Fsp3) is 0.222. The van der Waals surface area contributed by atoms with Crippen LogP contribution in [0.4, 0.5) is 34.1 Å². The second-order valence-electron chi connectivity index (χ2n) is 16.9. The zero-order chi connectivity index (χ0) is 38.3. The number of fused-ring (bicyclic) bond motifs is 3. The molecule has 278 valence electrons. The zero-order valence-corrected chi connectivity index (χ0v) is 33.3. The van der Waals surface area contributed by atoms with Gasteiger partial charge in [0.05, 0.1) is 5.69 Å². The van der Waals surface area contributed by atoms with Gasteiger partial charge in [0, 0.05) is 39.3 Å². The van der Waals surface area contributed by atoms with Crippen molar-refractivity contribution >= 4 is 34.1 Å². The van der Waals surface area contributed by atoms with E-state index in [0.29, 0.717) is 5.92 Å². The molecule has 1 saturated carbocycles. The molecule has 0 atom stereocenters. The van der Waals surface area contributed by atoms with E-state index in [4.69, 9.17) is 0 Å². The number of anilines is 6. The topological polar surface area (TPSA) is 6.48 Å². The minimum atomic E-state index is -0.203. The van der Waals surface area contributed by atoms with Crippen molar-refractivity contribution in [3.05, 3.63) is 204 Å². The number of nitrogens with zero attached hydrogens (tertiary/aromatic N) is 2. The average Bonchev–Trinajstić information content (AvgIpc) is 3.49. The van der Waals surface area contributed by atoms with Crippen LogP contribution in [0.3, 0.4) is 0 Å². The number of hydrogen-bond donors (Lipinski definition) is 0. The van der Waals surface area contributed by atoms with Crippen LogP contribution in [0.15, 0.2) is 176 Å². The van der Waals surface area contributed by atoms with Crippen LogP contribution in [0.25, 0.3) is 11.1 Å². The normalized spacial score (nSPS) is 14.9. The number of benzene rings is 7. The molecule has 7 aromatic carbocycles. The van der Waals surface area contributed by atoms with Gasteiger partial charge in [-0.1, -0.05) is 156 Å². The van der Waals surface area contributed by atoms with Crippen LogP contribution < -0.4 is 9.80 Å². The van der Waals surface area contributed by atoms with E-state index in [0.717, 1.165) is 17.1 Å². The largest absolute Gasteiger partial charge is 0.311 e. The second kappa shape index (κ2) is 14.7. The molecule has 1 fully saturated rings.